The van der Waals surface area contributed by atoms with Gasteiger partial charge in [0.15, 0.2) is 0 Å². The number of carboxylic acid groups (broad SMARTS) is 2. The molecule has 0 atom stereocenters. The van der Waals surface area contributed by atoms with Gasteiger partial charge in [-0.05, 0) is 29.7 Å². The zero-order chi connectivity index (χ0) is 12.4. The van der Waals surface area contributed by atoms with Crippen molar-refractivity contribution in [2.75, 3.05) is 13.1 Å². The van der Waals surface area contributed by atoms with Crippen LogP contribution in [0.4, 0.5) is 0 Å². The molecule has 90 valence electrons. The van der Waals surface area contributed by atoms with E-state index in [0.717, 1.165) is 17.5 Å². The number of hydrogen-bond donors (Lipinski definition) is 2. The van der Waals surface area contributed by atoms with E-state index in [4.69, 9.17) is 10.2 Å². The first kappa shape index (κ1) is 11.6. The van der Waals surface area contributed by atoms with E-state index in [1.807, 2.05) is 6.07 Å². The molecule has 1 aliphatic rings. The zero-order valence-electron chi connectivity index (χ0n) is 9.22. The molecule has 5 heteroatoms. The molecule has 0 bridgehead atoms. The van der Waals surface area contributed by atoms with E-state index >= 15 is 0 Å². The third-order valence-electron chi connectivity index (χ3n) is 2.90. The van der Waals surface area contributed by atoms with Crippen LogP contribution >= 0.6 is 0 Å². The summed E-state index contributed by atoms with van der Waals surface area (Å²) in [5.41, 5.74) is 2.27. The Balaban J connectivity index is 2.20. The van der Waals surface area contributed by atoms with E-state index in [9.17, 15) is 9.59 Å². The van der Waals surface area contributed by atoms with E-state index in [1.54, 1.807) is 17.0 Å². The van der Waals surface area contributed by atoms with Crippen LogP contribution in [0.2, 0.25) is 0 Å². The van der Waals surface area contributed by atoms with Gasteiger partial charge in [-0.1, -0.05) is 6.07 Å². The maximum atomic E-state index is 10.8. The van der Waals surface area contributed by atoms with Crippen LogP contribution < -0.4 is 0 Å². The van der Waals surface area contributed by atoms with E-state index in [1.165, 1.54) is 0 Å². The van der Waals surface area contributed by atoms with Crippen molar-refractivity contribution in [3.8, 4) is 0 Å². The predicted molar refractivity (Wildman–Crippen MR) is 60.0 cm³/mol. The minimum absolute atomic E-state index is 0.00324. The van der Waals surface area contributed by atoms with Crippen molar-refractivity contribution < 1.29 is 19.8 Å². The second-order valence-electron chi connectivity index (χ2n) is 4.14. The van der Waals surface area contributed by atoms with E-state index in [-0.39, 0.29) is 12.1 Å². The molecule has 0 spiro atoms. The fourth-order valence-corrected chi connectivity index (χ4v) is 2.07. The van der Waals surface area contributed by atoms with Crippen molar-refractivity contribution in [3.05, 3.63) is 34.9 Å². The molecule has 17 heavy (non-hydrogen) atoms. The number of carbonyl (C=O) groups is 2. The van der Waals surface area contributed by atoms with Gasteiger partial charge in [0.05, 0.1) is 12.1 Å². The van der Waals surface area contributed by atoms with Crippen LogP contribution in [0.15, 0.2) is 18.2 Å². The highest BCUT2D eigenvalue weighted by Crippen LogP contribution is 2.20. The fourth-order valence-electron chi connectivity index (χ4n) is 2.07. The zero-order valence-corrected chi connectivity index (χ0v) is 9.22. The molecular weight excluding hydrogens is 222 g/mol. The van der Waals surface area contributed by atoms with Crippen molar-refractivity contribution in [2.24, 2.45) is 0 Å². The molecule has 0 saturated heterocycles. The van der Waals surface area contributed by atoms with Crippen molar-refractivity contribution in [1.29, 1.82) is 0 Å². The lowest BCUT2D eigenvalue weighted by Gasteiger charge is -2.27. The Kier molecular flexibility index (Phi) is 3.10. The molecule has 1 aromatic rings. The lowest BCUT2D eigenvalue weighted by atomic mass is 9.97. The molecule has 0 fully saturated rings. The van der Waals surface area contributed by atoms with Crippen LogP contribution in [0.3, 0.4) is 0 Å². The molecule has 0 unspecified atom stereocenters. The van der Waals surface area contributed by atoms with E-state index < -0.39 is 11.9 Å². The molecule has 0 amide bonds. The number of hydrogen-bond acceptors (Lipinski definition) is 3. The van der Waals surface area contributed by atoms with Crippen molar-refractivity contribution in [2.45, 2.75) is 13.0 Å². The summed E-state index contributed by atoms with van der Waals surface area (Å²) in [6.07, 6.45) is 0.766. The second-order valence-corrected chi connectivity index (χ2v) is 4.14. The summed E-state index contributed by atoms with van der Waals surface area (Å²) in [7, 11) is 0. The molecule has 0 aromatic heterocycles. The Morgan fingerprint density at radius 2 is 2.00 bits per heavy atom. The SMILES string of the molecule is O=C(O)CN1CCc2ccc(C(=O)O)cc2C1. The second kappa shape index (κ2) is 4.55. The van der Waals surface area contributed by atoms with Crippen LogP contribution in [-0.4, -0.2) is 40.1 Å². The maximum absolute atomic E-state index is 10.8. The highest BCUT2D eigenvalue weighted by molar-refractivity contribution is 5.87. The molecule has 0 aliphatic carbocycles. The topological polar surface area (TPSA) is 77.8 Å². The van der Waals surface area contributed by atoms with Gasteiger partial charge in [0.25, 0.3) is 0 Å². The smallest absolute Gasteiger partial charge is 0.335 e. The van der Waals surface area contributed by atoms with E-state index in [0.29, 0.717) is 13.1 Å². The molecule has 0 saturated carbocycles. The molecular formula is C12H13NO4. The van der Waals surface area contributed by atoms with Gasteiger partial charge < -0.3 is 10.2 Å². The summed E-state index contributed by atoms with van der Waals surface area (Å²) in [5, 5.41) is 17.6. The van der Waals surface area contributed by atoms with Crippen LogP contribution in [0.25, 0.3) is 0 Å². The van der Waals surface area contributed by atoms with Gasteiger partial charge in [0.1, 0.15) is 0 Å². The normalized spacial score (nSPS) is 15.3. The van der Waals surface area contributed by atoms with Crippen molar-refractivity contribution >= 4 is 11.9 Å². The lowest BCUT2D eigenvalue weighted by Crippen LogP contribution is -2.34. The summed E-state index contributed by atoms with van der Waals surface area (Å²) in [5.74, 6) is -1.81. The quantitative estimate of drug-likeness (QED) is 0.811. The monoisotopic (exact) mass is 235 g/mol. The largest absolute Gasteiger partial charge is 0.480 e. The highest BCUT2D eigenvalue weighted by atomic mass is 16.4. The van der Waals surface area contributed by atoms with Crippen molar-refractivity contribution in [1.82, 2.24) is 4.90 Å². The number of fused-ring (bicyclic) bond motifs is 1. The predicted octanol–water partition coefficient (Wildman–Crippen LogP) is 0.827. The van der Waals surface area contributed by atoms with Gasteiger partial charge >= 0.3 is 11.9 Å². The molecule has 1 aromatic carbocycles. The van der Waals surface area contributed by atoms with Crippen LogP contribution in [-0.2, 0) is 17.8 Å². The van der Waals surface area contributed by atoms with Crippen molar-refractivity contribution in [3.63, 3.8) is 0 Å². The van der Waals surface area contributed by atoms with Gasteiger partial charge in [-0.15, -0.1) is 0 Å². The molecule has 0 radical (unpaired) electrons. The summed E-state index contributed by atoms with van der Waals surface area (Å²) >= 11 is 0. The Morgan fingerprint density at radius 3 is 2.65 bits per heavy atom. The van der Waals surface area contributed by atoms with Crippen LogP contribution in [0.5, 0.6) is 0 Å². The highest BCUT2D eigenvalue weighted by Gasteiger charge is 2.19. The Bertz CT molecular complexity index is 470. The minimum Gasteiger partial charge on any atom is -0.480 e. The van der Waals surface area contributed by atoms with Gasteiger partial charge in [0, 0.05) is 13.1 Å². The van der Waals surface area contributed by atoms with Gasteiger partial charge in [-0.3, -0.25) is 9.69 Å². The van der Waals surface area contributed by atoms with E-state index in [2.05, 4.69) is 0 Å². The number of nitrogens with zero attached hydrogens (tertiary/aromatic N) is 1. The third kappa shape index (κ3) is 2.62. The fraction of sp³-hybridized carbons (Fsp3) is 0.333. The first-order valence-corrected chi connectivity index (χ1v) is 5.35. The molecule has 1 aliphatic heterocycles. The molecule has 2 rings (SSSR count). The standard InChI is InChI=1S/C12H13NO4/c14-11(15)7-13-4-3-8-1-2-9(12(16)17)5-10(8)6-13/h1-2,5H,3-4,6-7H2,(H,14,15)(H,16,17). The summed E-state index contributed by atoms with van der Waals surface area (Å²) in [6, 6.07) is 5.04. The van der Waals surface area contributed by atoms with Gasteiger partial charge in [0.2, 0.25) is 0 Å². The maximum Gasteiger partial charge on any atom is 0.335 e. The number of aliphatic carboxylic acids is 1. The Labute approximate surface area is 98.3 Å². The van der Waals surface area contributed by atoms with Crippen LogP contribution in [0.1, 0.15) is 21.5 Å². The third-order valence-corrected chi connectivity index (χ3v) is 2.90. The number of rotatable bonds is 3. The molecule has 1 heterocycles. The molecule has 2 N–H and O–H groups in total. The summed E-state index contributed by atoms with van der Waals surface area (Å²) in [6.45, 7) is 1.20. The Hall–Kier alpha value is -1.88. The lowest BCUT2D eigenvalue weighted by molar-refractivity contribution is -0.138. The number of carboxylic acids is 2. The molecule has 5 nitrogen and oxygen atoms in total. The van der Waals surface area contributed by atoms with Crippen LogP contribution in [0, 0.1) is 0 Å². The van der Waals surface area contributed by atoms with Gasteiger partial charge in [-0.2, -0.15) is 0 Å². The summed E-state index contributed by atoms with van der Waals surface area (Å²) < 4.78 is 0. The average molecular weight is 235 g/mol. The minimum atomic E-state index is -0.955. The average Bonchev–Trinajstić information content (AvgIpc) is 2.27. The summed E-state index contributed by atoms with van der Waals surface area (Å²) in [4.78, 5) is 23.3. The number of benzene rings is 1. The first-order valence-electron chi connectivity index (χ1n) is 5.35. The van der Waals surface area contributed by atoms with Gasteiger partial charge in [-0.25, -0.2) is 4.79 Å². The number of aromatic carboxylic acids is 1. The first-order chi connectivity index (χ1) is 8.06. The Morgan fingerprint density at radius 1 is 1.24 bits per heavy atom.